The molecule has 0 fully saturated rings. The molecule has 0 spiro atoms. The molecule has 0 aliphatic heterocycles. The maximum absolute atomic E-state index is 11.8. The zero-order chi connectivity index (χ0) is 20.6. The van der Waals surface area contributed by atoms with E-state index in [2.05, 4.69) is 45.2 Å². The molecule has 1 aromatic carbocycles. The van der Waals surface area contributed by atoms with E-state index >= 15 is 0 Å². The van der Waals surface area contributed by atoms with Crippen LogP contribution in [0.1, 0.15) is 47.0 Å². The molecule has 0 unspecified atom stereocenters. The standard InChI is InChI=1S/C25H31NO2/c1-19(12-17-23-20(2)10-8-18-25(23,3)4)9-6-5-7-11-24(28)26-21-13-15-22(27)16-14-21/h5-7,9,11-17,27H,8,10,18H2,1-4H3,(H,26,28)/b6-5+,11-7+,17-12+,19-9+. The van der Waals surface area contributed by atoms with Crippen molar-refractivity contribution in [3.8, 4) is 5.75 Å². The smallest absolute Gasteiger partial charge is 0.248 e. The summed E-state index contributed by atoms with van der Waals surface area (Å²) in [5.74, 6) is -0.0379. The van der Waals surface area contributed by atoms with E-state index in [1.807, 2.05) is 18.2 Å². The Morgan fingerprint density at radius 1 is 1.11 bits per heavy atom. The summed E-state index contributed by atoms with van der Waals surface area (Å²) < 4.78 is 0. The number of benzene rings is 1. The molecule has 0 heterocycles. The zero-order valence-electron chi connectivity index (χ0n) is 17.3. The minimum absolute atomic E-state index is 0.172. The third-order valence-electron chi connectivity index (χ3n) is 5.02. The number of carbonyl (C=O) groups excluding carboxylic acids is 1. The van der Waals surface area contributed by atoms with Gasteiger partial charge in [0.2, 0.25) is 5.91 Å². The Morgan fingerprint density at radius 2 is 1.82 bits per heavy atom. The first kappa shape index (κ1) is 21.5. The average molecular weight is 378 g/mol. The summed E-state index contributed by atoms with van der Waals surface area (Å²) in [6, 6.07) is 6.37. The van der Waals surface area contributed by atoms with Gasteiger partial charge < -0.3 is 10.4 Å². The molecule has 0 saturated heterocycles. The van der Waals surface area contributed by atoms with Gasteiger partial charge in [0.1, 0.15) is 5.75 Å². The number of rotatable bonds is 6. The van der Waals surface area contributed by atoms with Gasteiger partial charge in [-0.3, -0.25) is 4.79 Å². The minimum Gasteiger partial charge on any atom is -0.508 e. The molecule has 3 heteroatoms. The van der Waals surface area contributed by atoms with Crippen molar-refractivity contribution in [2.24, 2.45) is 5.41 Å². The van der Waals surface area contributed by atoms with Crippen LogP contribution in [-0.2, 0) is 4.79 Å². The van der Waals surface area contributed by atoms with E-state index in [-0.39, 0.29) is 17.1 Å². The SMILES string of the molecule is CC1=C(/C=C/C(C)=C/C=C/C=C/C(=O)Nc2ccc(O)cc2)C(C)(C)CCC1. The first-order valence-electron chi connectivity index (χ1n) is 9.78. The fourth-order valence-electron chi connectivity index (χ4n) is 3.42. The molecule has 1 amide bonds. The Hall–Kier alpha value is -2.81. The summed E-state index contributed by atoms with van der Waals surface area (Å²) in [5, 5.41) is 12.0. The van der Waals surface area contributed by atoms with Gasteiger partial charge in [-0.1, -0.05) is 61.4 Å². The molecule has 2 N–H and O–H groups in total. The predicted molar refractivity (Wildman–Crippen MR) is 118 cm³/mol. The molecule has 0 atom stereocenters. The fourth-order valence-corrected chi connectivity index (χ4v) is 3.42. The van der Waals surface area contributed by atoms with Crippen molar-refractivity contribution in [1.29, 1.82) is 0 Å². The Balaban J connectivity index is 1.88. The number of anilines is 1. The van der Waals surface area contributed by atoms with E-state index in [9.17, 15) is 9.90 Å². The van der Waals surface area contributed by atoms with Crippen molar-refractivity contribution in [2.75, 3.05) is 5.32 Å². The van der Waals surface area contributed by atoms with Crippen LogP contribution in [0.25, 0.3) is 0 Å². The summed E-state index contributed by atoms with van der Waals surface area (Å²) in [5.41, 5.74) is 5.02. The number of allylic oxidation sites excluding steroid dienone is 9. The third-order valence-corrected chi connectivity index (χ3v) is 5.02. The van der Waals surface area contributed by atoms with Crippen LogP contribution in [0.5, 0.6) is 5.75 Å². The van der Waals surface area contributed by atoms with Crippen LogP contribution < -0.4 is 5.32 Å². The lowest BCUT2D eigenvalue weighted by Crippen LogP contribution is -2.19. The lowest BCUT2D eigenvalue weighted by Gasteiger charge is -2.32. The first-order chi connectivity index (χ1) is 13.3. The summed E-state index contributed by atoms with van der Waals surface area (Å²) in [6.07, 6.45) is 17.1. The van der Waals surface area contributed by atoms with Crippen molar-refractivity contribution in [2.45, 2.75) is 47.0 Å². The van der Waals surface area contributed by atoms with Crippen molar-refractivity contribution in [1.82, 2.24) is 0 Å². The first-order valence-corrected chi connectivity index (χ1v) is 9.78. The maximum atomic E-state index is 11.8. The van der Waals surface area contributed by atoms with Crippen molar-refractivity contribution in [3.05, 3.63) is 83.5 Å². The summed E-state index contributed by atoms with van der Waals surface area (Å²) in [4.78, 5) is 11.8. The van der Waals surface area contributed by atoms with E-state index in [0.717, 1.165) is 0 Å². The molecule has 1 aromatic rings. The second-order valence-electron chi connectivity index (χ2n) is 7.96. The molecule has 0 saturated carbocycles. The van der Waals surface area contributed by atoms with Crippen LogP contribution in [0, 0.1) is 5.41 Å². The molecule has 148 valence electrons. The van der Waals surface area contributed by atoms with Gasteiger partial charge in [-0.05, 0) is 68.4 Å². The zero-order valence-corrected chi connectivity index (χ0v) is 17.3. The number of hydrogen-bond acceptors (Lipinski definition) is 2. The maximum Gasteiger partial charge on any atom is 0.248 e. The molecule has 1 aliphatic carbocycles. The fraction of sp³-hybridized carbons (Fsp3) is 0.320. The number of carbonyl (C=O) groups is 1. The molecule has 2 rings (SSSR count). The monoisotopic (exact) mass is 377 g/mol. The minimum atomic E-state index is -0.210. The molecule has 0 radical (unpaired) electrons. The van der Waals surface area contributed by atoms with Crippen molar-refractivity contribution >= 4 is 11.6 Å². The van der Waals surface area contributed by atoms with Crippen LogP contribution in [0.2, 0.25) is 0 Å². The number of phenolic OH excluding ortho intramolecular Hbond substituents is 1. The van der Waals surface area contributed by atoms with Gasteiger partial charge in [0.15, 0.2) is 0 Å². The van der Waals surface area contributed by atoms with Gasteiger partial charge in [0, 0.05) is 11.8 Å². The Labute approximate surface area is 168 Å². The van der Waals surface area contributed by atoms with Crippen LogP contribution in [-0.4, -0.2) is 11.0 Å². The highest BCUT2D eigenvalue weighted by atomic mass is 16.3. The lowest BCUT2D eigenvalue weighted by molar-refractivity contribution is -0.111. The van der Waals surface area contributed by atoms with E-state index in [1.54, 1.807) is 18.2 Å². The highest BCUT2D eigenvalue weighted by molar-refractivity contribution is 5.99. The van der Waals surface area contributed by atoms with Gasteiger partial charge in [-0.2, -0.15) is 0 Å². The Kier molecular flexibility index (Phi) is 7.62. The van der Waals surface area contributed by atoms with Crippen molar-refractivity contribution < 1.29 is 9.90 Å². The molecule has 1 aliphatic rings. The quantitative estimate of drug-likeness (QED) is 0.339. The van der Waals surface area contributed by atoms with Gasteiger partial charge >= 0.3 is 0 Å². The van der Waals surface area contributed by atoms with E-state index in [1.165, 1.54) is 54.2 Å². The number of phenols is 1. The number of amides is 1. The summed E-state index contributed by atoms with van der Waals surface area (Å²) in [7, 11) is 0. The molecule has 28 heavy (non-hydrogen) atoms. The average Bonchev–Trinajstić information content (AvgIpc) is 2.62. The second-order valence-corrected chi connectivity index (χ2v) is 7.96. The molecular formula is C25H31NO2. The normalized spacial score (nSPS) is 17.8. The van der Waals surface area contributed by atoms with Crippen molar-refractivity contribution in [3.63, 3.8) is 0 Å². The number of hydrogen-bond donors (Lipinski definition) is 2. The largest absolute Gasteiger partial charge is 0.508 e. The van der Waals surface area contributed by atoms with Gasteiger partial charge in [0.05, 0.1) is 0 Å². The number of aromatic hydroxyl groups is 1. The van der Waals surface area contributed by atoms with Crippen LogP contribution in [0.15, 0.2) is 83.5 Å². The van der Waals surface area contributed by atoms with Gasteiger partial charge in [0.25, 0.3) is 0 Å². The molecule has 0 aromatic heterocycles. The third kappa shape index (κ3) is 6.73. The Morgan fingerprint density at radius 3 is 2.50 bits per heavy atom. The molecule has 0 bridgehead atoms. The van der Waals surface area contributed by atoms with E-state index in [0.29, 0.717) is 5.69 Å². The summed E-state index contributed by atoms with van der Waals surface area (Å²) in [6.45, 7) is 8.96. The summed E-state index contributed by atoms with van der Waals surface area (Å²) >= 11 is 0. The highest BCUT2D eigenvalue weighted by Gasteiger charge is 2.26. The predicted octanol–water partition coefficient (Wildman–Crippen LogP) is 6.47. The van der Waals surface area contributed by atoms with Crippen LogP contribution in [0.3, 0.4) is 0 Å². The lowest BCUT2D eigenvalue weighted by atomic mass is 9.72. The molecule has 3 nitrogen and oxygen atoms in total. The van der Waals surface area contributed by atoms with Gasteiger partial charge in [-0.25, -0.2) is 0 Å². The highest BCUT2D eigenvalue weighted by Crippen LogP contribution is 2.40. The van der Waals surface area contributed by atoms with Gasteiger partial charge in [-0.15, -0.1) is 0 Å². The van der Waals surface area contributed by atoms with E-state index < -0.39 is 0 Å². The molecular weight excluding hydrogens is 346 g/mol. The van der Waals surface area contributed by atoms with E-state index in [4.69, 9.17) is 0 Å². The number of nitrogens with one attached hydrogen (secondary N) is 1. The van der Waals surface area contributed by atoms with Crippen LogP contribution in [0.4, 0.5) is 5.69 Å². The van der Waals surface area contributed by atoms with Crippen LogP contribution >= 0.6 is 0 Å². The second kappa shape index (κ2) is 9.93. The Bertz CT molecular complexity index is 834. The topological polar surface area (TPSA) is 49.3 Å².